The number of aryl methyl sites for hydroxylation is 1. The van der Waals surface area contributed by atoms with Gasteiger partial charge in [0.1, 0.15) is 5.76 Å². The number of carboxylic acid groups (broad SMARTS) is 1. The van der Waals surface area contributed by atoms with Gasteiger partial charge in [-0.2, -0.15) is 0 Å². The summed E-state index contributed by atoms with van der Waals surface area (Å²) in [6, 6.07) is 4.97. The molecule has 88 valence electrons. The van der Waals surface area contributed by atoms with E-state index in [-0.39, 0.29) is 22.4 Å². The molecule has 0 aliphatic rings. The standard InChI is InChI=1S/C11H7Cl2NO3/c1-5-9(11(15)16)14-10(17-5)6-3-2-4-7(12)8(6)13/h2-4H,1H3,(H,15,16). The van der Waals surface area contributed by atoms with Crippen molar-refractivity contribution in [3.8, 4) is 11.5 Å². The number of aromatic nitrogens is 1. The molecule has 4 nitrogen and oxygen atoms in total. The van der Waals surface area contributed by atoms with Crippen molar-refractivity contribution in [3.05, 3.63) is 39.7 Å². The maximum Gasteiger partial charge on any atom is 0.358 e. The first-order chi connectivity index (χ1) is 8.00. The molecule has 2 aromatic rings. The van der Waals surface area contributed by atoms with Crippen molar-refractivity contribution in [1.82, 2.24) is 4.98 Å². The Hall–Kier alpha value is -1.52. The quantitative estimate of drug-likeness (QED) is 0.906. The van der Waals surface area contributed by atoms with Gasteiger partial charge in [0.15, 0.2) is 5.69 Å². The van der Waals surface area contributed by atoms with Gasteiger partial charge in [-0.15, -0.1) is 0 Å². The summed E-state index contributed by atoms with van der Waals surface area (Å²) in [5, 5.41) is 9.51. The Morgan fingerprint density at radius 1 is 1.41 bits per heavy atom. The van der Waals surface area contributed by atoms with Crippen LogP contribution in [0.3, 0.4) is 0 Å². The summed E-state index contributed by atoms with van der Waals surface area (Å²) in [7, 11) is 0. The number of carboxylic acids is 1. The number of aromatic carboxylic acids is 1. The summed E-state index contributed by atoms with van der Waals surface area (Å²) in [5.74, 6) is -0.772. The maximum atomic E-state index is 10.8. The van der Waals surface area contributed by atoms with E-state index >= 15 is 0 Å². The Morgan fingerprint density at radius 2 is 2.12 bits per heavy atom. The fourth-order valence-electron chi connectivity index (χ4n) is 1.38. The molecule has 0 atom stereocenters. The molecule has 0 bridgehead atoms. The molecule has 0 spiro atoms. The van der Waals surface area contributed by atoms with Crippen LogP contribution in [0.25, 0.3) is 11.5 Å². The first-order valence-corrected chi connectivity index (χ1v) is 5.41. The summed E-state index contributed by atoms with van der Waals surface area (Å²) < 4.78 is 5.26. The second-order valence-electron chi connectivity index (χ2n) is 3.33. The molecule has 0 aliphatic carbocycles. The maximum absolute atomic E-state index is 10.8. The molecule has 2 rings (SSSR count). The Morgan fingerprint density at radius 3 is 2.71 bits per heavy atom. The highest BCUT2D eigenvalue weighted by Gasteiger charge is 2.19. The van der Waals surface area contributed by atoms with E-state index in [4.69, 9.17) is 32.7 Å². The number of hydrogen-bond acceptors (Lipinski definition) is 3. The molecule has 0 fully saturated rings. The van der Waals surface area contributed by atoms with Gasteiger partial charge in [-0.1, -0.05) is 29.3 Å². The number of oxazole rings is 1. The number of nitrogens with zero attached hydrogens (tertiary/aromatic N) is 1. The summed E-state index contributed by atoms with van der Waals surface area (Å²) in [5.41, 5.74) is 0.339. The van der Waals surface area contributed by atoms with Crippen LogP contribution < -0.4 is 0 Å². The monoisotopic (exact) mass is 271 g/mol. The van der Waals surface area contributed by atoms with Crippen molar-refractivity contribution >= 4 is 29.2 Å². The van der Waals surface area contributed by atoms with E-state index in [0.29, 0.717) is 10.6 Å². The first-order valence-electron chi connectivity index (χ1n) is 4.66. The molecule has 0 saturated heterocycles. The molecule has 0 unspecified atom stereocenters. The van der Waals surface area contributed by atoms with Crippen LogP contribution in [-0.4, -0.2) is 16.1 Å². The van der Waals surface area contributed by atoms with Gasteiger partial charge in [0.05, 0.1) is 15.6 Å². The topological polar surface area (TPSA) is 63.3 Å². The van der Waals surface area contributed by atoms with E-state index in [1.54, 1.807) is 18.2 Å². The summed E-state index contributed by atoms with van der Waals surface area (Å²) >= 11 is 11.8. The molecule has 17 heavy (non-hydrogen) atoms. The van der Waals surface area contributed by atoms with Crippen molar-refractivity contribution in [2.75, 3.05) is 0 Å². The van der Waals surface area contributed by atoms with E-state index in [2.05, 4.69) is 4.98 Å². The zero-order chi connectivity index (χ0) is 12.6. The second kappa shape index (κ2) is 4.39. The molecule has 1 N–H and O–H groups in total. The molecule has 1 aromatic heterocycles. The van der Waals surface area contributed by atoms with E-state index in [1.165, 1.54) is 6.92 Å². The number of carbonyl (C=O) groups is 1. The SMILES string of the molecule is Cc1oc(-c2cccc(Cl)c2Cl)nc1C(=O)O. The van der Waals surface area contributed by atoms with Crippen LogP contribution in [0.4, 0.5) is 0 Å². The average Bonchev–Trinajstić information content (AvgIpc) is 2.64. The van der Waals surface area contributed by atoms with Gasteiger partial charge in [0.2, 0.25) is 5.89 Å². The lowest BCUT2D eigenvalue weighted by atomic mass is 10.2. The number of hydrogen-bond donors (Lipinski definition) is 1. The zero-order valence-corrected chi connectivity index (χ0v) is 10.2. The number of halogens is 2. The van der Waals surface area contributed by atoms with Crippen molar-refractivity contribution in [1.29, 1.82) is 0 Å². The van der Waals surface area contributed by atoms with E-state index in [1.807, 2.05) is 0 Å². The Balaban J connectivity index is 2.58. The lowest BCUT2D eigenvalue weighted by Gasteiger charge is -2.00. The minimum atomic E-state index is -1.14. The predicted molar refractivity (Wildman–Crippen MR) is 63.7 cm³/mol. The molecular formula is C11H7Cl2NO3. The van der Waals surface area contributed by atoms with Gasteiger partial charge in [-0.05, 0) is 19.1 Å². The van der Waals surface area contributed by atoms with E-state index in [9.17, 15) is 4.79 Å². The third-order valence-electron chi connectivity index (χ3n) is 2.18. The minimum Gasteiger partial charge on any atom is -0.476 e. The highest BCUT2D eigenvalue weighted by Crippen LogP contribution is 2.33. The third kappa shape index (κ3) is 2.14. The normalized spacial score (nSPS) is 10.5. The second-order valence-corrected chi connectivity index (χ2v) is 4.12. The highest BCUT2D eigenvalue weighted by atomic mass is 35.5. The Bertz CT molecular complexity index is 592. The summed E-state index contributed by atoms with van der Waals surface area (Å²) in [6.07, 6.45) is 0. The number of benzene rings is 1. The third-order valence-corrected chi connectivity index (χ3v) is 3.00. The summed E-state index contributed by atoms with van der Waals surface area (Å²) in [6.45, 7) is 1.53. The lowest BCUT2D eigenvalue weighted by Crippen LogP contribution is -1.98. The van der Waals surface area contributed by atoms with Crippen LogP contribution in [0, 0.1) is 6.92 Å². The molecule has 0 aliphatic heterocycles. The largest absolute Gasteiger partial charge is 0.476 e. The van der Waals surface area contributed by atoms with Crippen LogP contribution in [-0.2, 0) is 0 Å². The number of rotatable bonds is 2. The van der Waals surface area contributed by atoms with E-state index in [0.717, 1.165) is 0 Å². The van der Waals surface area contributed by atoms with Crippen molar-refractivity contribution in [2.24, 2.45) is 0 Å². The van der Waals surface area contributed by atoms with Crippen LogP contribution in [0.1, 0.15) is 16.2 Å². The van der Waals surface area contributed by atoms with Crippen LogP contribution >= 0.6 is 23.2 Å². The van der Waals surface area contributed by atoms with E-state index < -0.39 is 5.97 Å². The smallest absolute Gasteiger partial charge is 0.358 e. The molecular weight excluding hydrogens is 265 g/mol. The molecule has 1 aromatic carbocycles. The minimum absolute atomic E-state index is 0.129. The fourth-order valence-corrected chi connectivity index (χ4v) is 1.76. The summed E-state index contributed by atoms with van der Waals surface area (Å²) in [4.78, 5) is 14.7. The average molecular weight is 272 g/mol. The van der Waals surface area contributed by atoms with Crippen LogP contribution in [0.5, 0.6) is 0 Å². The first kappa shape index (κ1) is 12.0. The predicted octanol–water partition coefficient (Wildman–Crippen LogP) is 3.66. The van der Waals surface area contributed by atoms with Crippen molar-refractivity contribution in [2.45, 2.75) is 6.92 Å². The Kier molecular flexibility index (Phi) is 3.09. The fraction of sp³-hybridized carbons (Fsp3) is 0.0909. The van der Waals surface area contributed by atoms with Crippen molar-refractivity contribution < 1.29 is 14.3 Å². The van der Waals surface area contributed by atoms with Gasteiger partial charge in [-0.3, -0.25) is 0 Å². The van der Waals surface area contributed by atoms with Crippen LogP contribution in [0.15, 0.2) is 22.6 Å². The molecule has 6 heteroatoms. The van der Waals surface area contributed by atoms with Gasteiger partial charge in [-0.25, -0.2) is 9.78 Å². The van der Waals surface area contributed by atoms with Crippen molar-refractivity contribution in [3.63, 3.8) is 0 Å². The molecule has 0 saturated carbocycles. The van der Waals surface area contributed by atoms with Gasteiger partial charge in [0, 0.05) is 0 Å². The van der Waals surface area contributed by atoms with Gasteiger partial charge in [0.25, 0.3) is 0 Å². The molecule has 1 heterocycles. The Labute approximate surface area is 107 Å². The molecule has 0 radical (unpaired) electrons. The highest BCUT2D eigenvalue weighted by molar-refractivity contribution is 6.43. The van der Waals surface area contributed by atoms with Gasteiger partial charge < -0.3 is 9.52 Å². The lowest BCUT2D eigenvalue weighted by molar-refractivity contribution is 0.0689. The van der Waals surface area contributed by atoms with Crippen LogP contribution in [0.2, 0.25) is 10.0 Å². The molecule has 0 amide bonds. The zero-order valence-electron chi connectivity index (χ0n) is 8.70. The van der Waals surface area contributed by atoms with Gasteiger partial charge >= 0.3 is 5.97 Å².